The highest BCUT2D eigenvalue weighted by Gasteiger charge is 2.30. The largest absolute Gasteiger partial charge is 0.346 e. The predicted molar refractivity (Wildman–Crippen MR) is 102 cm³/mol. The molecule has 0 aliphatic heterocycles. The van der Waals surface area contributed by atoms with Crippen LogP contribution < -0.4 is 5.32 Å². The number of carbonyl (C=O) groups is 1. The molecule has 1 aliphatic rings. The number of rotatable bonds is 6. The van der Waals surface area contributed by atoms with Gasteiger partial charge in [-0.05, 0) is 43.7 Å². The minimum atomic E-state index is -0.0580. The summed E-state index contributed by atoms with van der Waals surface area (Å²) in [6.45, 7) is 6.15. The van der Waals surface area contributed by atoms with E-state index in [4.69, 9.17) is 0 Å². The van der Waals surface area contributed by atoms with E-state index in [1.54, 1.807) is 11.3 Å². The van der Waals surface area contributed by atoms with Gasteiger partial charge in [-0.25, -0.2) is 0 Å². The normalized spacial score (nSPS) is 17.1. The van der Waals surface area contributed by atoms with Crippen LogP contribution >= 0.6 is 11.3 Å². The van der Waals surface area contributed by atoms with Gasteiger partial charge in [0.25, 0.3) is 5.91 Å². The molecule has 0 fully saturated rings. The lowest BCUT2D eigenvalue weighted by molar-refractivity contribution is 0.0944. The molecular weight excluding hydrogens is 332 g/mol. The summed E-state index contributed by atoms with van der Waals surface area (Å²) in [5.41, 5.74) is 2.96. The van der Waals surface area contributed by atoms with Crippen LogP contribution in [-0.4, -0.2) is 40.2 Å². The minimum absolute atomic E-state index is 0.0580. The van der Waals surface area contributed by atoms with Crippen LogP contribution in [0.2, 0.25) is 0 Å². The summed E-state index contributed by atoms with van der Waals surface area (Å²) in [6.07, 6.45) is 3.03. The van der Waals surface area contributed by atoms with Crippen LogP contribution in [0.25, 0.3) is 0 Å². The van der Waals surface area contributed by atoms with Crippen LogP contribution in [0, 0.1) is 5.92 Å². The van der Waals surface area contributed by atoms with Gasteiger partial charge in [0.15, 0.2) is 5.69 Å². The van der Waals surface area contributed by atoms with Crippen molar-refractivity contribution in [2.75, 3.05) is 13.6 Å². The average molecular weight is 361 g/mol. The molecule has 0 saturated heterocycles. The Hall–Kier alpha value is -1.66. The molecule has 1 unspecified atom stereocenters. The first kappa shape index (κ1) is 18.1. The van der Waals surface area contributed by atoms with Crippen molar-refractivity contribution in [3.63, 3.8) is 0 Å². The lowest BCUT2D eigenvalue weighted by Crippen LogP contribution is -2.39. The summed E-state index contributed by atoms with van der Waals surface area (Å²) < 4.78 is 1.90. The third-order valence-electron chi connectivity index (χ3n) is 4.92. The molecule has 2 aromatic heterocycles. The maximum Gasteiger partial charge on any atom is 0.272 e. The number of hydrogen-bond acceptors (Lipinski definition) is 4. The Morgan fingerprint density at radius 1 is 1.52 bits per heavy atom. The second-order valence-electron chi connectivity index (χ2n) is 7.39. The van der Waals surface area contributed by atoms with Crippen LogP contribution in [0.15, 0.2) is 17.5 Å². The first-order chi connectivity index (χ1) is 12.0. The number of likely N-dealkylation sites (N-methyl/N-ethyl adjacent to an activating group) is 1. The van der Waals surface area contributed by atoms with E-state index in [-0.39, 0.29) is 5.91 Å². The molecule has 0 saturated carbocycles. The fourth-order valence-electron chi connectivity index (χ4n) is 3.72. The van der Waals surface area contributed by atoms with Gasteiger partial charge in [-0.2, -0.15) is 5.10 Å². The Morgan fingerprint density at radius 2 is 2.32 bits per heavy atom. The molecule has 25 heavy (non-hydrogen) atoms. The summed E-state index contributed by atoms with van der Waals surface area (Å²) in [5, 5.41) is 9.59. The van der Waals surface area contributed by atoms with E-state index in [1.807, 2.05) is 29.2 Å². The highest BCUT2D eigenvalue weighted by Crippen LogP contribution is 2.27. The molecule has 1 atom stereocenters. The van der Waals surface area contributed by atoms with Crippen molar-refractivity contribution in [3.05, 3.63) is 39.3 Å². The molecular formula is C19H28N4OS. The molecule has 0 radical (unpaired) electrons. The van der Waals surface area contributed by atoms with Crippen molar-refractivity contribution < 1.29 is 4.79 Å². The fraction of sp³-hybridized carbons (Fsp3) is 0.579. The summed E-state index contributed by atoms with van der Waals surface area (Å²) >= 11 is 1.66. The van der Waals surface area contributed by atoms with Gasteiger partial charge in [0, 0.05) is 35.8 Å². The second-order valence-corrected chi connectivity index (χ2v) is 8.42. The van der Waals surface area contributed by atoms with Crippen molar-refractivity contribution in [2.24, 2.45) is 13.0 Å². The van der Waals surface area contributed by atoms with Crippen LogP contribution in [0.4, 0.5) is 0 Å². The highest BCUT2D eigenvalue weighted by molar-refractivity contribution is 7.09. The van der Waals surface area contributed by atoms with Crippen molar-refractivity contribution >= 4 is 17.2 Å². The predicted octanol–water partition coefficient (Wildman–Crippen LogP) is 2.86. The first-order valence-corrected chi connectivity index (χ1v) is 9.89. The summed E-state index contributed by atoms with van der Waals surface area (Å²) in [7, 11) is 4.15. The van der Waals surface area contributed by atoms with Crippen molar-refractivity contribution in [3.8, 4) is 0 Å². The molecule has 1 N–H and O–H groups in total. The molecule has 0 bridgehead atoms. The average Bonchev–Trinajstić information content (AvgIpc) is 3.20. The molecule has 0 spiro atoms. The van der Waals surface area contributed by atoms with Gasteiger partial charge in [-0.1, -0.05) is 19.9 Å². The molecule has 0 aromatic carbocycles. The minimum Gasteiger partial charge on any atom is -0.346 e. The number of nitrogens with one attached hydrogen (secondary N) is 1. The van der Waals surface area contributed by atoms with Gasteiger partial charge in [0.2, 0.25) is 0 Å². The Labute approximate surface area is 154 Å². The molecule has 2 heterocycles. The maximum atomic E-state index is 12.7. The fourth-order valence-corrected chi connectivity index (χ4v) is 4.36. The first-order valence-electron chi connectivity index (χ1n) is 9.01. The lowest BCUT2D eigenvalue weighted by Gasteiger charge is -2.32. The zero-order valence-electron chi connectivity index (χ0n) is 15.6. The van der Waals surface area contributed by atoms with Crippen LogP contribution in [0.1, 0.15) is 46.9 Å². The van der Waals surface area contributed by atoms with E-state index >= 15 is 0 Å². The SMILES string of the molecule is CC(C)CN(C)C1CCc2c(c(C(=O)NCc3cccs3)nn2C)C1. The van der Waals surface area contributed by atoms with E-state index < -0.39 is 0 Å². The van der Waals surface area contributed by atoms with Crippen molar-refractivity contribution in [1.29, 1.82) is 0 Å². The number of nitrogens with zero attached hydrogens (tertiary/aromatic N) is 3. The molecule has 2 aromatic rings. The molecule has 6 heteroatoms. The van der Waals surface area contributed by atoms with Crippen LogP contribution in [-0.2, 0) is 26.4 Å². The Kier molecular flexibility index (Phi) is 5.59. The van der Waals surface area contributed by atoms with E-state index in [0.717, 1.165) is 36.2 Å². The summed E-state index contributed by atoms with van der Waals surface area (Å²) in [4.78, 5) is 16.3. The Balaban J connectivity index is 1.73. The van der Waals surface area contributed by atoms with Gasteiger partial charge in [0.1, 0.15) is 0 Å². The molecule has 1 aliphatic carbocycles. The number of aromatic nitrogens is 2. The topological polar surface area (TPSA) is 50.2 Å². The Morgan fingerprint density at radius 3 is 3.00 bits per heavy atom. The van der Waals surface area contributed by atoms with E-state index in [2.05, 4.69) is 36.2 Å². The highest BCUT2D eigenvalue weighted by atomic mass is 32.1. The quantitative estimate of drug-likeness (QED) is 0.862. The number of thiophene rings is 1. The summed E-state index contributed by atoms with van der Waals surface area (Å²) in [6, 6.07) is 4.53. The van der Waals surface area contributed by atoms with Gasteiger partial charge in [0.05, 0.1) is 6.54 Å². The molecule has 136 valence electrons. The number of carbonyl (C=O) groups excluding carboxylic acids is 1. The number of amides is 1. The molecule has 3 rings (SSSR count). The van der Waals surface area contributed by atoms with E-state index in [9.17, 15) is 4.79 Å². The lowest BCUT2D eigenvalue weighted by atomic mass is 9.90. The third kappa shape index (κ3) is 4.12. The molecule has 5 nitrogen and oxygen atoms in total. The third-order valence-corrected chi connectivity index (χ3v) is 5.80. The van der Waals surface area contributed by atoms with Gasteiger partial charge in [-0.15, -0.1) is 11.3 Å². The zero-order chi connectivity index (χ0) is 18.0. The second kappa shape index (κ2) is 7.70. The standard InChI is InChI=1S/C19H28N4OS/c1-13(2)12-22(3)14-7-8-17-16(10-14)18(21-23(17)4)19(24)20-11-15-6-5-9-25-15/h5-6,9,13-14H,7-8,10-12H2,1-4H3,(H,20,24). The van der Waals surface area contributed by atoms with E-state index in [1.165, 1.54) is 5.69 Å². The number of aryl methyl sites for hydroxylation is 1. The Bertz CT molecular complexity index is 720. The number of fused-ring (bicyclic) bond motifs is 1. The van der Waals surface area contributed by atoms with Crippen LogP contribution in [0.3, 0.4) is 0 Å². The molecule has 1 amide bonds. The zero-order valence-corrected chi connectivity index (χ0v) is 16.4. The number of hydrogen-bond donors (Lipinski definition) is 1. The van der Waals surface area contributed by atoms with Crippen molar-refractivity contribution in [2.45, 2.75) is 45.7 Å². The summed E-state index contributed by atoms with van der Waals surface area (Å²) in [5.74, 6) is 0.589. The smallest absolute Gasteiger partial charge is 0.272 e. The van der Waals surface area contributed by atoms with Gasteiger partial charge in [-0.3, -0.25) is 9.48 Å². The monoisotopic (exact) mass is 360 g/mol. The van der Waals surface area contributed by atoms with Crippen LogP contribution in [0.5, 0.6) is 0 Å². The van der Waals surface area contributed by atoms with E-state index in [0.29, 0.717) is 24.2 Å². The van der Waals surface area contributed by atoms with Gasteiger partial charge >= 0.3 is 0 Å². The van der Waals surface area contributed by atoms with Gasteiger partial charge < -0.3 is 10.2 Å². The maximum absolute atomic E-state index is 12.7. The van der Waals surface area contributed by atoms with Crippen molar-refractivity contribution in [1.82, 2.24) is 20.0 Å².